The van der Waals surface area contributed by atoms with Gasteiger partial charge < -0.3 is 14.8 Å². The lowest BCUT2D eigenvalue weighted by molar-refractivity contribution is 0.0815. The molecule has 1 N–H and O–H groups in total. The lowest BCUT2D eigenvalue weighted by atomic mass is 10.2. The third-order valence-corrected chi connectivity index (χ3v) is 2.76. The molecule has 0 saturated heterocycles. The molecular formula is C16H28N2O2. The van der Waals surface area contributed by atoms with Gasteiger partial charge in [0.05, 0.1) is 6.61 Å². The maximum atomic E-state index is 5.83. The Hall–Kier alpha value is -1.13. The van der Waals surface area contributed by atoms with Crippen LogP contribution in [0.2, 0.25) is 0 Å². The van der Waals surface area contributed by atoms with Crippen LogP contribution in [-0.2, 0) is 11.3 Å². The molecule has 0 aliphatic carbocycles. The fraction of sp³-hybridized carbons (Fsp3) is 0.688. The van der Waals surface area contributed by atoms with Crippen LogP contribution < -0.4 is 10.1 Å². The van der Waals surface area contributed by atoms with E-state index in [9.17, 15) is 0 Å². The summed E-state index contributed by atoms with van der Waals surface area (Å²) in [7, 11) is 0. The first-order valence-corrected chi connectivity index (χ1v) is 7.50. The van der Waals surface area contributed by atoms with Gasteiger partial charge in [0, 0.05) is 36.7 Å². The summed E-state index contributed by atoms with van der Waals surface area (Å²) < 4.78 is 11.4. The molecule has 0 fully saturated rings. The molecule has 0 aliphatic heterocycles. The number of hydrogen-bond acceptors (Lipinski definition) is 4. The minimum absolute atomic E-state index is 0.562. The first-order chi connectivity index (χ1) is 9.63. The van der Waals surface area contributed by atoms with Crippen LogP contribution in [0.1, 0.15) is 38.4 Å². The summed E-state index contributed by atoms with van der Waals surface area (Å²) in [4.78, 5) is 4.33. The zero-order valence-corrected chi connectivity index (χ0v) is 13.2. The van der Waals surface area contributed by atoms with Gasteiger partial charge >= 0.3 is 0 Å². The van der Waals surface area contributed by atoms with Crippen LogP contribution in [0.5, 0.6) is 5.75 Å². The highest BCUT2D eigenvalue weighted by molar-refractivity contribution is 5.32. The van der Waals surface area contributed by atoms with Gasteiger partial charge in [0.1, 0.15) is 12.4 Å². The minimum atomic E-state index is 0.562. The number of hydrogen-bond donors (Lipinski definition) is 1. The van der Waals surface area contributed by atoms with E-state index in [-0.39, 0.29) is 0 Å². The van der Waals surface area contributed by atoms with Crippen molar-refractivity contribution in [3.8, 4) is 5.75 Å². The molecule has 114 valence electrons. The van der Waals surface area contributed by atoms with Crippen molar-refractivity contribution in [2.75, 3.05) is 26.4 Å². The summed E-state index contributed by atoms with van der Waals surface area (Å²) in [5, 5.41) is 3.38. The SMILES string of the molecule is CCCNCc1cnc(C)cc1OCCOCC(C)C. The number of nitrogens with zero attached hydrogens (tertiary/aromatic N) is 1. The quantitative estimate of drug-likeness (QED) is 0.669. The third kappa shape index (κ3) is 6.87. The van der Waals surface area contributed by atoms with Crippen LogP contribution in [0.15, 0.2) is 12.3 Å². The van der Waals surface area contributed by atoms with E-state index < -0.39 is 0 Å². The van der Waals surface area contributed by atoms with Crippen LogP contribution in [0, 0.1) is 12.8 Å². The number of rotatable bonds is 10. The second kappa shape index (κ2) is 9.72. The van der Waals surface area contributed by atoms with Crippen molar-refractivity contribution in [2.45, 2.75) is 40.7 Å². The highest BCUT2D eigenvalue weighted by atomic mass is 16.5. The molecule has 20 heavy (non-hydrogen) atoms. The van der Waals surface area contributed by atoms with E-state index in [1.807, 2.05) is 19.2 Å². The van der Waals surface area contributed by atoms with Crippen molar-refractivity contribution in [3.05, 3.63) is 23.5 Å². The van der Waals surface area contributed by atoms with E-state index >= 15 is 0 Å². The van der Waals surface area contributed by atoms with Gasteiger partial charge in [-0.3, -0.25) is 4.98 Å². The standard InChI is InChI=1S/C16H28N2O2/c1-5-6-17-10-15-11-18-14(4)9-16(15)20-8-7-19-12-13(2)3/h9,11,13,17H,5-8,10,12H2,1-4H3. The van der Waals surface area contributed by atoms with Crippen LogP contribution >= 0.6 is 0 Å². The van der Waals surface area contributed by atoms with Gasteiger partial charge in [-0.1, -0.05) is 20.8 Å². The Morgan fingerprint density at radius 1 is 1.30 bits per heavy atom. The predicted molar refractivity (Wildman–Crippen MR) is 82.1 cm³/mol. The summed E-state index contributed by atoms with van der Waals surface area (Å²) in [6.45, 7) is 12.2. The van der Waals surface area contributed by atoms with Crippen molar-refractivity contribution in [1.82, 2.24) is 10.3 Å². The molecule has 4 nitrogen and oxygen atoms in total. The topological polar surface area (TPSA) is 43.4 Å². The van der Waals surface area contributed by atoms with E-state index in [0.717, 1.165) is 43.1 Å². The Labute approximate surface area is 122 Å². The summed E-state index contributed by atoms with van der Waals surface area (Å²) in [5.74, 6) is 1.47. The maximum Gasteiger partial charge on any atom is 0.127 e. The molecular weight excluding hydrogens is 252 g/mol. The van der Waals surface area contributed by atoms with Crippen molar-refractivity contribution < 1.29 is 9.47 Å². The molecule has 0 aliphatic rings. The van der Waals surface area contributed by atoms with Crippen LogP contribution in [0.25, 0.3) is 0 Å². The van der Waals surface area contributed by atoms with E-state index in [0.29, 0.717) is 19.1 Å². The van der Waals surface area contributed by atoms with Gasteiger partial charge in [-0.25, -0.2) is 0 Å². The first-order valence-electron chi connectivity index (χ1n) is 7.50. The average Bonchev–Trinajstić information content (AvgIpc) is 2.40. The van der Waals surface area contributed by atoms with Crippen molar-refractivity contribution >= 4 is 0 Å². The second-order valence-electron chi connectivity index (χ2n) is 5.43. The van der Waals surface area contributed by atoms with E-state index in [4.69, 9.17) is 9.47 Å². The number of aromatic nitrogens is 1. The predicted octanol–water partition coefficient (Wildman–Crippen LogP) is 2.94. The zero-order valence-electron chi connectivity index (χ0n) is 13.2. The summed E-state index contributed by atoms with van der Waals surface area (Å²) in [5.41, 5.74) is 2.08. The molecule has 0 atom stereocenters. The number of pyridine rings is 1. The van der Waals surface area contributed by atoms with Crippen LogP contribution in [0.3, 0.4) is 0 Å². The van der Waals surface area contributed by atoms with E-state index in [2.05, 4.69) is 31.1 Å². The third-order valence-electron chi connectivity index (χ3n) is 2.76. The van der Waals surface area contributed by atoms with Gasteiger partial charge in [0.25, 0.3) is 0 Å². The monoisotopic (exact) mass is 280 g/mol. The smallest absolute Gasteiger partial charge is 0.127 e. The molecule has 0 radical (unpaired) electrons. The molecule has 0 bridgehead atoms. The molecule has 0 amide bonds. The Balaban J connectivity index is 2.43. The van der Waals surface area contributed by atoms with Crippen molar-refractivity contribution in [3.63, 3.8) is 0 Å². The molecule has 0 spiro atoms. The lowest BCUT2D eigenvalue weighted by Gasteiger charge is -2.13. The summed E-state index contributed by atoms with van der Waals surface area (Å²) >= 11 is 0. The maximum absolute atomic E-state index is 5.83. The van der Waals surface area contributed by atoms with Gasteiger partial charge in [-0.15, -0.1) is 0 Å². The normalized spacial score (nSPS) is 11.1. The zero-order chi connectivity index (χ0) is 14.8. The highest BCUT2D eigenvalue weighted by Gasteiger charge is 2.05. The minimum Gasteiger partial charge on any atom is -0.491 e. The number of ether oxygens (including phenoxy) is 2. The molecule has 1 aromatic heterocycles. The summed E-state index contributed by atoms with van der Waals surface area (Å²) in [6.07, 6.45) is 3.01. The molecule has 0 saturated carbocycles. The van der Waals surface area contributed by atoms with Gasteiger partial charge in [-0.2, -0.15) is 0 Å². The molecule has 1 aromatic rings. The van der Waals surface area contributed by atoms with Crippen LogP contribution in [0.4, 0.5) is 0 Å². The van der Waals surface area contributed by atoms with Gasteiger partial charge in [-0.05, 0) is 25.8 Å². The van der Waals surface area contributed by atoms with E-state index in [1.165, 1.54) is 0 Å². The highest BCUT2D eigenvalue weighted by Crippen LogP contribution is 2.18. The molecule has 1 heterocycles. The number of nitrogens with one attached hydrogen (secondary N) is 1. The van der Waals surface area contributed by atoms with E-state index in [1.54, 1.807) is 0 Å². The fourth-order valence-electron chi connectivity index (χ4n) is 1.76. The Morgan fingerprint density at radius 2 is 2.10 bits per heavy atom. The van der Waals surface area contributed by atoms with Crippen molar-refractivity contribution in [1.29, 1.82) is 0 Å². The fourth-order valence-corrected chi connectivity index (χ4v) is 1.76. The largest absolute Gasteiger partial charge is 0.491 e. The first kappa shape index (κ1) is 16.9. The average molecular weight is 280 g/mol. The molecule has 4 heteroatoms. The Kier molecular flexibility index (Phi) is 8.23. The Bertz CT molecular complexity index is 381. The molecule has 1 rings (SSSR count). The van der Waals surface area contributed by atoms with Gasteiger partial charge in [0.15, 0.2) is 0 Å². The molecule has 0 unspecified atom stereocenters. The Morgan fingerprint density at radius 3 is 2.80 bits per heavy atom. The van der Waals surface area contributed by atoms with Gasteiger partial charge in [0.2, 0.25) is 0 Å². The van der Waals surface area contributed by atoms with Crippen LogP contribution in [-0.4, -0.2) is 31.3 Å². The van der Waals surface area contributed by atoms with Crippen molar-refractivity contribution in [2.24, 2.45) is 5.92 Å². The lowest BCUT2D eigenvalue weighted by Crippen LogP contribution is -2.16. The number of aryl methyl sites for hydroxylation is 1. The second-order valence-corrected chi connectivity index (χ2v) is 5.43. The molecule has 0 aromatic carbocycles. The summed E-state index contributed by atoms with van der Waals surface area (Å²) in [6, 6.07) is 1.99.